The van der Waals surface area contributed by atoms with Gasteiger partial charge in [-0.15, -0.1) is 0 Å². The highest BCUT2D eigenvalue weighted by atomic mass is 32.1. The molecule has 10 heteroatoms. The van der Waals surface area contributed by atoms with Crippen LogP contribution in [0.3, 0.4) is 0 Å². The van der Waals surface area contributed by atoms with Crippen molar-refractivity contribution in [3.8, 4) is 11.5 Å². The van der Waals surface area contributed by atoms with E-state index in [1.165, 1.54) is 0 Å². The lowest BCUT2D eigenvalue weighted by atomic mass is 9.81. The number of fused-ring (bicyclic) bond motifs is 2. The van der Waals surface area contributed by atoms with Crippen LogP contribution in [-0.2, 0) is 40.9 Å². The van der Waals surface area contributed by atoms with Gasteiger partial charge in [0, 0.05) is 17.5 Å². The van der Waals surface area contributed by atoms with Crippen LogP contribution in [0.25, 0.3) is 0 Å². The first-order valence-corrected chi connectivity index (χ1v) is 15.9. The molecule has 0 saturated heterocycles. The predicted octanol–water partition coefficient (Wildman–Crippen LogP) is 7.12. The molecule has 0 unspecified atom stereocenters. The molecule has 0 atom stereocenters. The van der Waals surface area contributed by atoms with Crippen molar-refractivity contribution in [2.75, 3.05) is 13.2 Å². The monoisotopic (exact) mass is 615 g/mol. The Labute approximate surface area is 254 Å². The minimum atomic E-state index is -4.82. The Kier molecular flexibility index (Phi) is 9.70. The maximum Gasteiger partial charge on any atom is 0.471 e. The van der Waals surface area contributed by atoms with Crippen LogP contribution in [-0.4, -0.2) is 30.1 Å². The van der Waals surface area contributed by atoms with Gasteiger partial charge in [-0.1, -0.05) is 89.2 Å². The highest BCUT2D eigenvalue weighted by molar-refractivity contribution is 7.81. The SMILES string of the molecule is CCOC(=O)/C(C(N)=S)=C(\C(=O)OCC)P1(=O)Oc2c(cc(C)cc2C(C)(C)C)Cc2cc(C)cc(C(C)(C)C)c2O1. The molecule has 0 amide bonds. The van der Waals surface area contributed by atoms with Crippen LogP contribution in [0.5, 0.6) is 11.5 Å². The van der Waals surface area contributed by atoms with Gasteiger partial charge in [-0.2, -0.15) is 0 Å². The van der Waals surface area contributed by atoms with E-state index in [4.69, 9.17) is 36.5 Å². The number of aryl methyl sites for hydroxylation is 2. The number of carbonyl (C=O) groups is 2. The highest BCUT2D eigenvalue weighted by Crippen LogP contribution is 2.61. The number of hydrogen-bond donors (Lipinski definition) is 1. The molecule has 42 heavy (non-hydrogen) atoms. The third-order valence-corrected chi connectivity index (χ3v) is 8.75. The van der Waals surface area contributed by atoms with E-state index in [2.05, 4.69) is 0 Å². The first-order valence-electron chi connectivity index (χ1n) is 14.0. The molecule has 228 valence electrons. The van der Waals surface area contributed by atoms with Crippen LogP contribution >= 0.6 is 19.8 Å². The van der Waals surface area contributed by atoms with Gasteiger partial charge < -0.3 is 24.3 Å². The summed E-state index contributed by atoms with van der Waals surface area (Å²) in [6, 6.07) is 7.85. The van der Waals surface area contributed by atoms with Crippen molar-refractivity contribution >= 4 is 36.7 Å². The summed E-state index contributed by atoms with van der Waals surface area (Å²) in [4.78, 5) is 26.4. The Morgan fingerprint density at radius 1 is 0.833 bits per heavy atom. The Hall–Kier alpha value is -3.16. The van der Waals surface area contributed by atoms with Crippen LogP contribution in [0.15, 0.2) is 35.2 Å². The summed E-state index contributed by atoms with van der Waals surface area (Å²) in [7, 11) is -4.82. The van der Waals surface area contributed by atoms with E-state index in [-0.39, 0.29) is 13.2 Å². The van der Waals surface area contributed by atoms with Gasteiger partial charge in [0.2, 0.25) is 0 Å². The summed E-state index contributed by atoms with van der Waals surface area (Å²) < 4.78 is 38.8. The molecule has 2 N–H and O–H groups in total. The van der Waals surface area contributed by atoms with Gasteiger partial charge in [-0.05, 0) is 49.7 Å². The summed E-state index contributed by atoms with van der Waals surface area (Å²) in [5.74, 6) is -1.53. The van der Waals surface area contributed by atoms with Crippen molar-refractivity contribution in [2.45, 2.75) is 86.5 Å². The van der Waals surface area contributed by atoms with E-state index in [9.17, 15) is 9.59 Å². The zero-order chi connectivity index (χ0) is 31.8. The average molecular weight is 616 g/mol. The maximum atomic E-state index is 15.4. The standard InChI is InChI=1S/C32H42NO7PS/c1-11-37-29(34)24(28(33)42)27(30(35)38-12-2)41(36)39-25-20(13-18(3)15-22(25)31(5,6)7)17-21-14-19(4)16-23(26(21)40-41)32(8,9)10/h13-16H,11-12,17H2,1-10H3,(H2,33,42)/b27-24+. The van der Waals surface area contributed by atoms with E-state index >= 15 is 4.57 Å². The third kappa shape index (κ3) is 6.90. The molecular formula is C32H42NO7PS. The van der Waals surface area contributed by atoms with Crippen LogP contribution in [0.2, 0.25) is 0 Å². The van der Waals surface area contributed by atoms with E-state index < -0.39 is 46.2 Å². The van der Waals surface area contributed by atoms with Crippen LogP contribution in [0.1, 0.15) is 88.8 Å². The molecule has 0 radical (unpaired) electrons. The third-order valence-electron chi connectivity index (χ3n) is 6.75. The topological polar surface area (TPSA) is 114 Å². The second-order valence-electron chi connectivity index (χ2n) is 12.5. The number of nitrogens with two attached hydrogens (primary N) is 1. The van der Waals surface area contributed by atoms with E-state index in [1.807, 2.05) is 79.7 Å². The molecule has 2 aromatic rings. The Bertz CT molecular complexity index is 1440. The molecular weight excluding hydrogens is 573 g/mol. The van der Waals surface area contributed by atoms with Gasteiger partial charge in [0.15, 0.2) is 5.31 Å². The van der Waals surface area contributed by atoms with Crippen LogP contribution in [0.4, 0.5) is 0 Å². The highest BCUT2D eigenvalue weighted by Gasteiger charge is 2.48. The van der Waals surface area contributed by atoms with E-state index in [1.54, 1.807) is 13.8 Å². The Morgan fingerprint density at radius 3 is 1.60 bits per heavy atom. The number of carbonyl (C=O) groups excluding carboxylic acids is 2. The summed E-state index contributed by atoms with van der Waals surface area (Å²) >= 11 is 5.21. The number of hydrogen-bond acceptors (Lipinski definition) is 8. The lowest BCUT2D eigenvalue weighted by molar-refractivity contribution is -0.140. The summed E-state index contributed by atoms with van der Waals surface area (Å²) in [6.07, 6.45) is 0.415. The molecule has 0 saturated carbocycles. The quantitative estimate of drug-likeness (QED) is 0.157. The van der Waals surface area contributed by atoms with Crippen LogP contribution in [0, 0.1) is 13.8 Å². The predicted molar refractivity (Wildman–Crippen MR) is 169 cm³/mol. The molecule has 0 aliphatic carbocycles. The molecule has 0 fully saturated rings. The zero-order valence-corrected chi connectivity index (χ0v) is 27.9. The molecule has 1 aliphatic rings. The molecule has 2 aromatic carbocycles. The Balaban J connectivity index is 2.60. The number of benzene rings is 2. The number of rotatable bonds is 6. The van der Waals surface area contributed by atoms with Gasteiger partial charge >= 0.3 is 19.5 Å². The Morgan fingerprint density at radius 2 is 1.24 bits per heavy atom. The van der Waals surface area contributed by atoms with Gasteiger partial charge in [-0.25, -0.2) is 14.2 Å². The van der Waals surface area contributed by atoms with Gasteiger partial charge in [0.1, 0.15) is 22.1 Å². The molecule has 0 bridgehead atoms. The van der Waals surface area contributed by atoms with Crippen molar-refractivity contribution in [3.05, 3.63) is 68.5 Å². The first kappa shape index (κ1) is 33.3. The lowest BCUT2D eigenvalue weighted by Crippen LogP contribution is -2.28. The minimum absolute atomic E-state index is 0.0420. The number of esters is 2. The number of thiocarbonyl (C=S) groups is 1. The van der Waals surface area contributed by atoms with Gasteiger partial charge in [-0.3, -0.25) is 0 Å². The van der Waals surface area contributed by atoms with Crippen LogP contribution < -0.4 is 14.8 Å². The summed E-state index contributed by atoms with van der Waals surface area (Å²) in [6.45, 7) is 19.1. The fourth-order valence-electron chi connectivity index (χ4n) is 4.91. The maximum absolute atomic E-state index is 15.4. The fourth-order valence-corrected chi connectivity index (χ4v) is 7.08. The van der Waals surface area contributed by atoms with Gasteiger partial charge in [0.05, 0.1) is 13.2 Å². The van der Waals surface area contributed by atoms with E-state index in [0.717, 1.165) is 33.4 Å². The van der Waals surface area contributed by atoms with Crippen molar-refractivity contribution in [2.24, 2.45) is 5.73 Å². The zero-order valence-electron chi connectivity index (χ0n) is 26.2. The van der Waals surface area contributed by atoms with Crippen molar-refractivity contribution in [1.82, 2.24) is 0 Å². The van der Waals surface area contributed by atoms with E-state index in [0.29, 0.717) is 17.9 Å². The van der Waals surface area contributed by atoms with Crippen molar-refractivity contribution in [3.63, 3.8) is 0 Å². The van der Waals surface area contributed by atoms with Crippen molar-refractivity contribution in [1.29, 1.82) is 0 Å². The normalized spacial score (nSPS) is 15.0. The summed E-state index contributed by atoms with van der Waals surface area (Å²) in [5, 5.41) is -0.699. The first-order chi connectivity index (χ1) is 19.3. The molecule has 3 rings (SSSR count). The molecule has 0 aromatic heterocycles. The fraction of sp³-hybridized carbons (Fsp3) is 0.469. The number of ether oxygens (including phenoxy) is 2. The summed E-state index contributed by atoms with van der Waals surface area (Å²) in [5.41, 5.74) is 9.51. The molecule has 1 heterocycles. The smallest absolute Gasteiger partial charge is 0.462 e. The second kappa shape index (κ2) is 12.2. The lowest BCUT2D eigenvalue weighted by Gasteiger charge is -2.34. The average Bonchev–Trinajstić information content (AvgIpc) is 2.83. The van der Waals surface area contributed by atoms with Gasteiger partial charge in [0.25, 0.3) is 0 Å². The van der Waals surface area contributed by atoms with Crippen molar-refractivity contribution < 1.29 is 32.7 Å². The molecule has 8 nitrogen and oxygen atoms in total. The minimum Gasteiger partial charge on any atom is -0.462 e. The molecule has 0 spiro atoms. The second-order valence-corrected chi connectivity index (χ2v) is 14.7. The molecule has 1 aliphatic heterocycles. The largest absolute Gasteiger partial charge is 0.471 e.